The first-order valence-corrected chi connectivity index (χ1v) is 8.27. The maximum absolute atomic E-state index is 10.9. The lowest BCUT2D eigenvalue weighted by Gasteiger charge is -2.48. The van der Waals surface area contributed by atoms with Crippen molar-refractivity contribution in [3.05, 3.63) is 36.0 Å². The van der Waals surface area contributed by atoms with Crippen LogP contribution in [0.15, 0.2) is 36.0 Å². The summed E-state index contributed by atoms with van der Waals surface area (Å²) in [6, 6.07) is 0. The predicted octanol–water partition coefficient (Wildman–Crippen LogP) is 3.66. The summed E-state index contributed by atoms with van der Waals surface area (Å²) in [6.07, 6.45) is 11.1. The molecule has 2 rings (SSSR count). The molecule has 122 valence electrons. The van der Waals surface area contributed by atoms with Gasteiger partial charge in [-0.15, -0.1) is 0 Å². The summed E-state index contributed by atoms with van der Waals surface area (Å²) >= 11 is 0. The lowest BCUT2D eigenvalue weighted by Crippen LogP contribution is -2.46. The van der Waals surface area contributed by atoms with Crippen molar-refractivity contribution in [2.45, 2.75) is 40.2 Å². The third-order valence-electron chi connectivity index (χ3n) is 5.60. The van der Waals surface area contributed by atoms with Crippen molar-refractivity contribution in [1.82, 2.24) is 0 Å². The topological polar surface area (TPSA) is 57.5 Å². The second kappa shape index (κ2) is 6.82. The monoisotopic (exact) mass is 304 g/mol. The highest BCUT2D eigenvalue weighted by Crippen LogP contribution is 2.48. The number of carboxylic acid groups (broad SMARTS) is 1. The highest BCUT2D eigenvalue weighted by Gasteiger charge is 2.44. The number of carboxylic acids is 1. The van der Waals surface area contributed by atoms with Gasteiger partial charge in [-0.25, -0.2) is 4.79 Å². The van der Waals surface area contributed by atoms with Crippen LogP contribution in [0.25, 0.3) is 0 Å². The number of aliphatic hydroxyl groups is 1. The van der Waals surface area contributed by atoms with E-state index in [1.807, 2.05) is 6.08 Å². The van der Waals surface area contributed by atoms with E-state index < -0.39 is 5.97 Å². The molecule has 22 heavy (non-hydrogen) atoms. The Kier molecular flexibility index (Phi) is 5.28. The third-order valence-corrected chi connectivity index (χ3v) is 5.60. The fourth-order valence-corrected chi connectivity index (χ4v) is 4.20. The number of aliphatic carboxylic acids is 1. The molecule has 7 unspecified atom stereocenters. The first-order chi connectivity index (χ1) is 10.3. The van der Waals surface area contributed by atoms with Gasteiger partial charge in [0.1, 0.15) is 0 Å². The SMILES string of the molecule is CC(=CC=CC1C(C)C=CC2CC(C)C(O)C(C)C21)C(=O)O. The second-order valence-corrected chi connectivity index (χ2v) is 7.16. The van der Waals surface area contributed by atoms with E-state index in [9.17, 15) is 9.90 Å². The van der Waals surface area contributed by atoms with Gasteiger partial charge in [-0.2, -0.15) is 0 Å². The smallest absolute Gasteiger partial charge is 0.331 e. The van der Waals surface area contributed by atoms with Crippen LogP contribution in [0.1, 0.15) is 34.1 Å². The van der Waals surface area contributed by atoms with Gasteiger partial charge in [-0.05, 0) is 48.9 Å². The van der Waals surface area contributed by atoms with Crippen LogP contribution in [0, 0.1) is 35.5 Å². The van der Waals surface area contributed by atoms with Gasteiger partial charge in [-0.3, -0.25) is 0 Å². The van der Waals surface area contributed by atoms with E-state index in [1.165, 1.54) is 0 Å². The van der Waals surface area contributed by atoms with Crippen LogP contribution >= 0.6 is 0 Å². The molecule has 0 saturated heterocycles. The van der Waals surface area contributed by atoms with E-state index in [2.05, 4.69) is 39.0 Å². The average Bonchev–Trinajstić information content (AvgIpc) is 2.47. The molecule has 2 aliphatic carbocycles. The van der Waals surface area contributed by atoms with Crippen LogP contribution in [0.3, 0.4) is 0 Å². The number of hydrogen-bond acceptors (Lipinski definition) is 2. The number of hydrogen-bond donors (Lipinski definition) is 2. The Balaban J connectivity index is 2.22. The Morgan fingerprint density at radius 3 is 2.55 bits per heavy atom. The minimum Gasteiger partial charge on any atom is -0.478 e. The fourth-order valence-electron chi connectivity index (χ4n) is 4.20. The minimum atomic E-state index is -0.880. The third kappa shape index (κ3) is 3.35. The molecular weight excluding hydrogens is 276 g/mol. The van der Waals surface area contributed by atoms with Crippen molar-refractivity contribution in [2.75, 3.05) is 0 Å². The summed E-state index contributed by atoms with van der Waals surface area (Å²) in [4.78, 5) is 10.9. The van der Waals surface area contributed by atoms with Gasteiger partial charge in [0.05, 0.1) is 6.10 Å². The molecule has 1 saturated carbocycles. The molecule has 7 atom stereocenters. The lowest BCUT2D eigenvalue weighted by molar-refractivity contribution is -0.132. The van der Waals surface area contributed by atoms with Crippen molar-refractivity contribution in [2.24, 2.45) is 35.5 Å². The Morgan fingerprint density at radius 1 is 1.23 bits per heavy atom. The minimum absolute atomic E-state index is 0.243. The molecule has 0 aromatic heterocycles. The standard InChI is InChI=1S/C19H28O3/c1-11-8-9-15-10-13(3)18(20)14(4)17(15)16(11)7-5-6-12(2)19(21)22/h5-9,11,13-18,20H,10H2,1-4H3,(H,21,22). The number of fused-ring (bicyclic) bond motifs is 1. The zero-order valence-electron chi connectivity index (χ0n) is 13.9. The average molecular weight is 304 g/mol. The van der Waals surface area contributed by atoms with Crippen LogP contribution in [0.5, 0.6) is 0 Å². The van der Waals surface area contributed by atoms with Crippen LogP contribution < -0.4 is 0 Å². The molecule has 0 radical (unpaired) electrons. The number of aliphatic hydroxyl groups excluding tert-OH is 1. The van der Waals surface area contributed by atoms with Crippen LogP contribution in [0.4, 0.5) is 0 Å². The van der Waals surface area contributed by atoms with Crippen molar-refractivity contribution in [1.29, 1.82) is 0 Å². The highest BCUT2D eigenvalue weighted by molar-refractivity contribution is 5.86. The molecule has 3 heteroatoms. The molecule has 0 aromatic rings. The van der Waals surface area contributed by atoms with E-state index in [-0.39, 0.29) is 12.0 Å². The van der Waals surface area contributed by atoms with Crippen LogP contribution in [-0.4, -0.2) is 22.3 Å². The van der Waals surface area contributed by atoms with Crippen molar-refractivity contribution in [3.63, 3.8) is 0 Å². The maximum atomic E-state index is 10.9. The normalized spacial score (nSPS) is 42.4. The summed E-state index contributed by atoms with van der Waals surface area (Å²) in [6.45, 7) is 8.09. The predicted molar refractivity (Wildman–Crippen MR) is 88.3 cm³/mol. The molecule has 2 aliphatic rings. The molecule has 0 amide bonds. The molecule has 2 N–H and O–H groups in total. The van der Waals surface area contributed by atoms with Crippen LogP contribution in [-0.2, 0) is 4.79 Å². The Hall–Kier alpha value is -1.35. The summed E-state index contributed by atoms with van der Waals surface area (Å²) in [5, 5.41) is 19.4. The molecule has 0 aliphatic heterocycles. The van der Waals surface area contributed by atoms with E-state index in [0.29, 0.717) is 35.2 Å². The maximum Gasteiger partial charge on any atom is 0.331 e. The van der Waals surface area contributed by atoms with Gasteiger partial charge in [0.15, 0.2) is 0 Å². The highest BCUT2D eigenvalue weighted by atomic mass is 16.4. The Bertz CT molecular complexity index is 503. The van der Waals surface area contributed by atoms with Crippen LogP contribution in [0.2, 0.25) is 0 Å². The van der Waals surface area contributed by atoms with E-state index in [4.69, 9.17) is 5.11 Å². The summed E-state index contributed by atoms with van der Waals surface area (Å²) < 4.78 is 0. The molecule has 1 fully saturated rings. The van der Waals surface area contributed by atoms with Gasteiger partial charge in [0.2, 0.25) is 0 Å². The largest absolute Gasteiger partial charge is 0.478 e. The summed E-state index contributed by atoms with van der Waals surface area (Å²) in [5.74, 6) is 1.44. The first-order valence-electron chi connectivity index (χ1n) is 8.27. The molecule has 3 nitrogen and oxygen atoms in total. The number of rotatable bonds is 3. The molecule has 0 bridgehead atoms. The van der Waals surface area contributed by atoms with Gasteiger partial charge < -0.3 is 10.2 Å². The molecule has 0 aromatic carbocycles. The molecular formula is C19H28O3. The Labute approximate surface area is 133 Å². The number of carbonyl (C=O) groups is 1. The van der Waals surface area contributed by atoms with Gasteiger partial charge in [-0.1, -0.05) is 51.2 Å². The zero-order valence-corrected chi connectivity index (χ0v) is 13.9. The van der Waals surface area contributed by atoms with Crippen molar-refractivity contribution in [3.8, 4) is 0 Å². The van der Waals surface area contributed by atoms with E-state index >= 15 is 0 Å². The second-order valence-electron chi connectivity index (χ2n) is 7.16. The molecule has 0 spiro atoms. The summed E-state index contributed by atoms with van der Waals surface area (Å²) in [7, 11) is 0. The zero-order chi connectivity index (χ0) is 16.4. The van der Waals surface area contributed by atoms with E-state index in [0.717, 1.165) is 6.42 Å². The van der Waals surface area contributed by atoms with Crippen molar-refractivity contribution >= 4 is 5.97 Å². The van der Waals surface area contributed by atoms with Gasteiger partial charge in [0.25, 0.3) is 0 Å². The summed E-state index contributed by atoms with van der Waals surface area (Å²) in [5.41, 5.74) is 0.345. The van der Waals surface area contributed by atoms with E-state index in [1.54, 1.807) is 13.0 Å². The fraction of sp³-hybridized carbons (Fsp3) is 0.632. The first kappa shape index (κ1) is 17.0. The van der Waals surface area contributed by atoms with Crippen molar-refractivity contribution < 1.29 is 15.0 Å². The van der Waals surface area contributed by atoms with Gasteiger partial charge in [0, 0.05) is 5.57 Å². The molecule has 0 heterocycles. The number of allylic oxidation sites excluding steroid dienone is 5. The Morgan fingerprint density at radius 2 is 1.91 bits per heavy atom. The van der Waals surface area contributed by atoms with Gasteiger partial charge >= 0.3 is 5.97 Å². The lowest BCUT2D eigenvalue weighted by atomic mass is 9.58. The quantitative estimate of drug-likeness (QED) is 0.475.